The van der Waals surface area contributed by atoms with Crippen LogP contribution in [0.25, 0.3) is 0 Å². The van der Waals surface area contributed by atoms with Gasteiger partial charge < -0.3 is 14.4 Å². The molecule has 1 amide bonds. The smallest absolute Gasteiger partial charge is 0.274 e. The van der Waals surface area contributed by atoms with Gasteiger partial charge in [-0.05, 0) is 37.3 Å². The molecule has 8 nitrogen and oxygen atoms in total. The van der Waals surface area contributed by atoms with Gasteiger partial charge in [0.25, 0.3) is 5.91 Å². The highest BCUT2D eigenvalue weighted by molar-refractivity contribution is 6.31. The fourth-order valence-electron chi connectivity index (χ4n) is 2.67. The maximum absolute atomic E-state index is 12.7. The molecular weight excluding hydrogens is 382 g/mol. The first-order chi connectivity index (χ1) is 13.5. The predicted octanol–water partition coefficient (Wildman–Crippen LogP) is 3.07. The van der Waals surface area contributed by atoms with E-state index in [1.165, 1.54) is 0 Å². The number of halogens is 1. The second kappa shape index (κ2) is 8.79. The van der Waals surface area contributed by atoms with Crippen LogP contribution in [0.5, 0.6) is 11.5 Å². The number of carbonyl (C=O) groups is 1. The molecule has 0 aliphatic heterocycles. The summed E-state index contributed by atoms with van der Waals surface area (Å²) in [6, 6.07) is 8.91. The highest BCUT2D eigenvalue weighted by Crippen LogP contribution is 2.18. The van der Waals surface area contributed by atoms with Gasteiger partial charge in [0.2, 0.25) is 0 Å². The Hall–Kier alpha value is -3.00. The Balaban J connectivity index is 1.60. The molecule has 0 aliphatic carbocycles. The minimum absolute atomic E-state index is 0.192. The van der Waals surface area contributed by atoms with Crippen molar-refractivity contribution in [2.24, 2.45) is 0 Å². The van der Waals surface area contributed by atoms with Gasteiger partial charge in [0, 0.05) is 19.8 Å². The molecule has 148 valence electrons. The Morgan fingerprint density at radius 1 is 1.21 bits per heavy atom. The van der Waals surface area contributed by atoms with Crippen molar-refractivity contribution in [1.82, 2.24) is 24.5 Å². The number of nitrogens with zero attached hydrogens (tertiary/aromatic N) is 5. The van der Waals surface area contributed by atoms with Gasteiger partial charge in [-0.25, -0.2) is 4.68 Å². The maximum atomic E-state index is 12.7. The summed E-state index contributed by atoms with van der Waals surface area (Å²) in [5.41, 5.74) is 1.13. The molecule has 0 saturated carbocycles. The van der Waals surface area contributed by atoms with E-state index in [-0.39, 0.29) is 12.6 Å². The van der Waals surface area contributed by atoms with E-state index in [1.807, 2.05) is 31.2 Å². The number of methoxy groups -OCH3 is 1. The van der Waals surface area contributed by atoms with Gasteiger partial charge in [0.05, 0.1) is 30.6 Å². The van der Waals surface area contributed by atoms with Crippen LogP contribution in [0.2, 0.25) is 5.02 Å². The monoisotopic (exact) mass is 403 g/mol. The number of hydrogen-bond donors (Lipinski definition) is 0. The van der Waals surface area contributed by atoms with Crippen LogP contribution in [0, 0.1) is 0 Å². The van der Waals surface area contributed by atoms with Crippen molar-refractivity contribution in [2.75, 3.05) is 14.2 Å². The molecule has 0 saturated heterocycles. The number of benzene rings is 1. The number of hydrogen-bond acceptors (Lipinski definition) is 5. The molecule has 2 heterocycles. The number of rotatable bonds is 8. The lowest BCUT2D eigenvalue weighted by atomic mass is 10.3. The molecule has 0 bridgehead atoms. The van der Waals surface area contributed by atoms with Crippen LogP contribution in [0.1, 0.15) is 23.1 Å². The average Bonchev–Trinajstić information content (AvgIpc) is 3.33. The van der Waals surface area contributed by atoms with Crippen LogP contribution in [-0.4, -0.2) is 44.5 Å². The van der Waals surface area contributed by atoms with E-state index in [9.17, 15) is 4.79 Å². The second-order valence-corrected chi connectivity index (χ2v) is 6.51. The first-order valence-corrected chi connectivity index (χ1v) is 9.15. The molecule has 0 spiro atoms. The third-order valence-electron chi connectivity index (χ3n) is 4.21. The SMILES string of the molecule is CCn1ncc(Cl)c1CN(C)C(=O)c1ccn(COc2ccc(OC)cc2)n1. The molecule has 0 N–H and O–H groups in total. The average molecular weight is 404 g/mol. The van der Waals surface area contributed by atoms with Gasteiger partial charge in [-0.15, -0.1) is 0 Å². The number of aromatic nitrogens is 4. The predicted molar refractivity (Wildman–Crippen MR) is 105 cm³/mol. The number of aryl methyl sites for hydroxylation is 1. The standard InChI is InChI=1S/C19H22ClN5O3/c1-4-25-18(16(20)11-21-25)12-23(2)19(26)17-9-10-24(22-17)13-28-15-7-5-14(27-3)6-8-15/h5-11H,4,12-13H2,1-3H3. The zero-order chi connectivity index (χ0) is 20.1. The lowest BCUT2D eigenvalue weighted by molar-refractivity contribution is 0.0773. The molecule has 1 aromatic carbocycles. The van der Waals surface area contributed by atoms with Crippen LogP contribution >= 0.6 is 11.6 Å². The normalized spacial score (nSPS) is 10.7. The molecule has 2 aromatic heterocycles. The molecule has 0 aliphatic rings. The number of amides is 1. The van der Waals surface area contributed by atoms with Crippen LogP contribution < -0.4 is 9.47 Å². The van der Waals surface area contributed by atoms with E-state index >= 15 is 0 Å². The fourth-order valence-corrected chi connectivity index (χ4v) is 2.87. The van der Waals surface area contributed by atoms with Gasteiger partial charge in [-0.1, -0.05) is 11.6 Å². The van der Waals surface area contributed by atoms with Crippen molar-refractivity contribution in [3.8, 4) is 11.5 Å². The molecule has 0 unspecified atom stereocenters. The zero-order valence-electron chi connectivity index (χ0n) is 16.0. The lowest BCUT2D eigenvalue weighted by Crippen LogP contribution is -2.28. The van der Waals surface area contributed by atoms with Crippen LogP contribution in [-0.2, 0) is 19.8 Å². The van der Waals surface area contributed by atoms with E-state index in [0.717, 1.165) is 11.4 Å². The summed E-state index contributed by atoms with van der Waals surface area (Å²) in [7, 11) is 3.32. The van der Waals surface area contributed by atoms with E-state index in [1.54, 1.807) is 46.9 Å². The first kappa shape index (κ1) is 19.8. The van der Waals surface area contributed by atoms with Crippen molar-refractivity contribution >= 4 is 17.5 Å². The summed E-state index contributed by atoms with van der Waals surface area (Å²) in [6.07, 6.45) is 3.29. The van der Waals surface area contributed by atoms with Crippen molar-refractivity contribution in [3.63, 3.8) is 0 Å². The van der Waals surface area contributed by atoms with Crippen molar-refractivity contribution in [2.45, 2.75) is 26.7 Å². The first-order valence-electron chi connectivity index (χ1n) is 8.77. The summed E-state index contributed by atoms with van der Waals surface area (Å²) in [6.45, 7) is 3.19. The Labute approximate surface area is 168 Å². The number of carbonyl (C=O) groups excluding carboxylic acids is 1. The highest BCUT2D eigenvalue weighted by atomic mass is 35.5. The molecule has 28 heavy (non-hydrogen) atoms. The molecule has 0 atom stereocenters. The molecule has 0 fully saturated rings. The van der Waals surface area contributed by atoms with Crippen molar-refractivity contribution in [1.29, 1.82) is 0 Å². The molecule has 3 rings (SSSR count). The zero-order valence-corrected chi connectivity index (χ0v) is 16.8. The lowest BCUT2D eigenvalue weighted by Gasteiger charge is -2.17. The van der Waals surface area contributed by atoms with E-state index in [4.69, 9.17) is 21.1 Å². The highest BCUT2D eigenvalue weighted by Gasteiger charge is 2.18. The summed E-state index contributed by atoms with van der Waals surface area (Å²) in [5, 5.41) is 9.03. The maximum Gasteiger partial charge on any atom is 0.274 e. The fraction of sp³-hybridized carbons (Fsp3) is 0.316. The molecule has 9 heteroatoms. The van der Waals surface area contributed by atoms with Crippen molar-refractivity contribution < 1.29 is 14.3 Å². The van der Waals surface area contributed by atoms with Crippen LogP contribution in [0.15, 0.2) is 42.7 Å². The molecule has 0 radical (unpaired) electrons. The van der Waals surface area contributed by atoms with Crippen LogP contribution in [0.4, 0.5) is 0 Å². The Morgan fingerprint density at radius 3 is 2.61 bits per heavy atom. The van der Waals surface area contributed by atoms with Gasteiger partial charge in [0.1, 0.15) is 11.5 Å². The van der Waals surface area contributed by atoms with Crippen molar-refractivity contribution in [3.05, 3.63) is 59.1 Å². The van der Waals surface area contributed by atoms with Gasteiger partial charge in [0.15, 0.2) is 12.4 Å². The summed E-state index contributed by atoms with van der Waals surface area (Å²) in [4.78, 5) is 14.2. The minimum atomic E-state index is -0.205. The van der Waals surface area contributed by atoms with Gasteiger partial charge >= 0.3 is 0 Å². The second-order valence-electron chi connectivity index (χ2n) is 6.11. The van der Waals surface area contributed by atoms with E-state index in [0.29, 0.717) is 29.6 Å². The summed E-state index contributed by atoms with van der Waals surface area (Å²) < 4.78 is 14.1. The third kappa shape index (κ3) is 4.45. The van der Waals surface area contributed by atoms with E-state index in [2.05, 4.69) is 10.2 Å². The van der Waals surface area contributed by atoms with E-state index < -0.39 is 0 Å². The number of ether oxygens (including phenoxy) is 2. The Morgan fingerprint density at radius 2 is 1.93 bits per heavy atom. The summed E-state index contributed by atoms with van der Waals surface area (Å²) in [5.74, 6) is 1.23. The Kier molecular flexibility index (Phi) is 6.20. The van der Waals surface area contributed by atoms with Gasteiger partial charge in [-0.2, -0.15) is 10.2 Å². The largest absolute Gasteiger partial charge is 0.497 e. The topological polar surface area (TPSA) is 74.4 Å². The van der Waals surface area contributed by atoms with Gasteiger partial charge in [-0.3, -0.25) is 9.48 Å². The quantitative estimate of drug-likeness (QED) is 0.577. The molecular formula is C19H22ClN5O3. The summed E-state index contributed by atoms with van der Waals surface area (Å²) >= 11 is 6.18. The minimum Gasteiger partial charge on any atom is -0.497 e. The third-order valence-corrected chi connectivity index (χ3v) is 4.53. The Bertz CT molecular complexity index is 935. The molecule has 3 aromatic rings. The van der Waals surface area contributed by atoms with Crippen LogP contribution in [0.3, 0.4) is 0 Å².